The molecular weight excluding hydrogens is 158 g/mol. The molecule has 0 aromatic heterocycles. The van der Waals surface area contributed by atoms with Crippen molar-refractivity contribution in [2.75, 3.05) is 0 Å². The summed E-state index contributed by atoms with van der Waals surface area (Å²) in [6, 6.07) is 0. The summed E-state index contributed by atoms with van der Waals surface area (Å²) in [7, 11) is 5.86. The number of hydrogen-bond donors (Lipinski definition) is 0. The average Bonchev–Trinajstić information content (AvgIpc) is 1.86. The molecule has 1 aliphatic rings. The van der Waals surface area contributed by atoms with E-state index in [9.17, 15) is 0 Å². The maximum atomic E-state index is 5.86. The second kappa shape index (κ2) is 2.23. The minimum atomic E-state index is -0.632. The molecule has 0 aliphatic carbocycles. The van der Waals surface area contributed by atoms with Crippen LogP contribution in [0.15, 0.2) is 0 Å². The number of hydrogen-bond acceptors (Lipinski definition) is 0. The van der Waals surface area contributed by atoms with Crippen LogP contribution in [0.25, 0.3) is 0 Å². The van der Waals surface area contributed by atoms with Crippen LogP contribution in [0, 0.1) is 0 Å². The van der Waals surface area contributed by atoms with Gasteiger partial charge >= 0.3 is 46.9 Å². The zero-order valence-electron chi connectivity index (χ0n) is 3.65. The third kappa shape index (κ3) is 1.17. The Kier molecular flexibility index (Phi) is 1.86. The van der Waals surface area contributed by atoms with Gasteiger partial charge < -0.3 is 0 Å². The topological polar surface area (TPSA) is 0 Å². The monoisotopic (exact) mass is 166 g/mol. The van der Waals surface area contributed by atoms with Crippen molar-refractivity contribution < 1.29 is 0 Å². The van der Waals surface area contributed by atoms with E-state index >= 15 is 0 Å². The normalized spacial score (nSPS) is 25.5. The molecule has 0 aromatic rings. The molecule has 0 bridgehead atoms. The van der Waals surface area contributed by atoms with Gasteiger partial charge in [-0.1, -0.05) is 0 Å². The fourth-order valence-corrected chi connectivity index (χ4v) is 4.77. The molecule has 0 atom stereocenters. The summed E-state index contributed by atoms with van der Waals surface area (Å²) in [4.78, 5) is 0. The second-order valence-electron chi connectivity index (χ2n) is 1.62. The number of rotatable bonds is 0. The van der Waals surface area contributed by atoms with E-state index in [0.717, 1.165) is 0 Å². The summed E-state index contributed by atoms with van der Waals surface area (Å²) >= 11 is -0.632. The van der Waals surface area contributed by atoms with Gasteiger partial charge in [0.05, 0.1) is 0 Å². The Hall–Kier alpha value is 0.848. The second-order valence-corrected chi connectivity index (χ2v) is 7.92. The molecule has 0 saturated carbocycles. The molecule has 0 radical (unpaired) electrons. The van der Waals surface area contributed by atoms with Crippen molar-refractivity contribution in [3.05, 3.63) is 0 Å². The maximum absolute atomic E-state index is 5.86. The van der Waals surface area contributed by atoms with Crippen LogP contribution in [0.4, 0.5) is 0 Å². The first-order chi connectivity index (χ1) is 2.89. The molecule has 2 heteroatoms. The average molecular weight is 166 g/mol. The summed E-state index contributed by atoms with van der Waals surface area (Å²) in [6.07, 6.45) is 2.84. The van der Waals surface area contributed by atoms with Crippen LogP contribution >= 0.6 is 9.95 Å². The van der Waals surface area contributed by atoms with Gasteiger partial charge in [-0.25, -0.2) is 0 Å². The molecule has 36 valence electrons. The molecule has 1 aliphatic heterocycles. The van der Waals surface area contributed by atoms with Crippen LogP contribution in [0.1, 0.15) is 12.8 Å². The molecule has 1 rings (SSSR count). The van der Waals surface area contributed by atoms with Gasteiger partial charge in [0, 0.05) is 0 Å². The molecular formula is C4H8AsCl. The molecule has 1 fully saturated rings. The Morgan fingerprint density at radius 1 is 1.17 bits per heavy atom. The fraction of sp³-hybridized carbons (Fsp3) is 1.00. The van der Waals surface area contributed by atoms with Gasteiger partial charge in [0.25, 0.3) is 0 Å². The van der Waals surface area contributed by atoms with Gasteiger partial charge in [0.15, 0.2) is 0 Å². The molecule has 0 unspecified atom stereocenters. The first kappa shape index (κ1) is 4.99. The zero-order chi connectivity index (χ0) is 4.41. The minimum absolute atomic E-state index is 0.632. The molecule has 0 nitrogen and oxygen atoms in total. The summed E-state index contributed by atoms with van der Waals surface area (Å²) in [5.74, 6) is 0. The predicted octanol–water partition coefficient (Wildman–Crippen LogP) is 2.01. The van der Waals surface area contributed by atoms with E-state index in [1.807, 2.05) is 0 Å². The standard InChI is InChI=1S/C4H8AsCl/c6-5-3-1-2-4-5/h1-4H2. The molecule has 0 spiro atoms. The van der Waals surface area contributed by atoms with Crippen molar-refractivity contribution in [2.24, 2.45) is 0 Å². The summed E-state index contributed by atoms with van der Waals surface area (Å²) in [5, 5.41) is 2.79. The van der Waals surface area contributed by atoms with Gasteiger partial charge in [0.1, 0.15) is 0 Å². The van der Waals surface area contributed by atoms with E-state index in [-0.39, 0.29) is 0 Å². The Balaban J connectivity index is 2.18. The van der Waals surface area contributed by atoms with Crippen molar-refractivity contribution >= 4 is 23.7 Å². The van der Waals surface area contributed by atoms with Crippen molar-refractivity contribution in [3.63, 3.8) is 0 Å². The van der Waals surface area contributed by atoms with Gasteiger partial charge in [-0.2, -0.15) is 0 Å². The molecule has 0 aromatic carbocycles. The summed E-state index contributed by atoms with van der Waals surface area (Å²) in [6.45, 7) is 0. The van der Waals surface area contributed by atoms with Crippen molar-refractivity contribution in [2.45, 2.75) is 23.3 Å². The van der Waals surface area contributed by atoms with E-state index in [4.69, 9.17) is 9.95 Å². The van der Waals surface area contributed by atoms with Crippen LogP contribution in [-0.4, -0.2) is 13.7 Å². The van der Waals surface area contributed by atoms with E-state index in [1.165, 1.54) is 23.3 Å². The SMILES string of the molecule is Cl[As]1CCCC1. The van der Waals surface area contributed by atoms with Crippen LogP contribution < -0.4 is 0 Å². The third-order valence-electron chi connectivity index (χ3n) is 1.05. The van der Waals surface area contributed by atoms with E-state index in [2.05, 4.69) is 0 Å². The van der Waals surface area contributed by atoms with Gasteiger partial charge in [-0.3, -0.25) is 0 Å². The van der Waals surface area contributed by atoms with Gasteiger partial charge in [0.2, 0.25) is 0 Å². The Bertz CT molecular complexity index is 40.8. The summed E-state index contributed by atoms with van der Waals surface area (Å²) in [5.41, 5.74) is 0. The van der Waals surface area contributed by atoms with Crippen LogP contribution in [0.2, 0.25) is 10.4 Å². The molecule has 6 heavy (non-hydrogen) atoms. The molecule has 1 saturated heterocycles. The van der Waals surface area contributed by atoms with Crippen molar-refractivity contribution in [1.29, 1.82) is 0 Å². The van der Waals surface area contributed by atoms with E-state index < -0.39 is 13.7 Å². The molecule has 0 N–H and O–H groups in total. The van der Waals surface area contributed by atoms with Crippen molar-refractivity contribution in [3.8, 4) is 0 Å². The Morgan fingerprint density at radius 3 is 1.83 bits per heavy atom. The molecule has 0 amide bonds. The number of halogens is 1. The van der Waals surface area contributed by atoms with E-state index in [0.29, 0.717) is 0 Å². The first-order valence-corrected chi connectivity index (χ1v) is 7.42. The fourth-order valence-electron chi connectivity index (χ4n) is 0.679. The van der Waals surface area contributed by atoms with Crippen LogP contribution in [-0.2, 0) is 0 Å². The summed E-state index contributed by atoms with van der Waals surface area (Å²) < 4.78 is 0. The third-order valence-corrected chi connectivity index (χ3v) is 6.17. The Labute approximate surface area is 47.3 Å². The zero-order valence-corrected chi connectivity index (χ0v) is 6.29. The van der Waals surface area contributed by atoms with E-state index in [1.54, 1.807) is 0 Å². The van der Waals surface area contributed by atoms with Gasteiger partial charge in [-0.15, -0.1) is 0 Å². The molecule has 1 heterocycles. The van der Waals surface area contributed by atoms with Crippen LogP contribution in [0.5, 0.6) is 0 Å². The van der Waals surface area contributed by atoms with Gasteiger partial charge in [-0.05, 0) is 0 Å². The van der Waals surface area contributed by atoms with Crippen molar-refractivity contribution in [1.82, 2.24) is 0 Å². The Morgan fingerprint density at radius 2 is 1.67 bits per heavy atom. The van der Waals surface area contributed by atoms with Crippen LogP contribution in [0.3, 0.4) is 0 Å². The predicted molar refractivity (Wildman–Crippen MR) is 30.5 cm³/mol. The first-order valence-electron chi connectivity index (χ1n) is 2.30. The quantitative estimate of drug-likeness (QED) is 0.483.